The van der Waals surface area contributed by atoms with Gasteiger partial charge in [0, 0.05) is 17.8 Å². The van der Waals surface area contributed by atoms with Gasteiger partial charge in [-0.25, -0.2) is 0 Å². The third-order valence-corrected chi connectivity index (χ3v) is 3.43. The van der Waals surface area contributed by atoms with E-state index >= 15 is 0 Å². The minimum absolute atomic E-state index is 0.0141. The van der Waals surface area contributed by atoms with Gasteiger partial charge in [-0.3, -0.25) is 9.78 Å². The number of fused-ring (bicyclic) bond motifs is 2. The second kappa shape index (κ2) is 3.84. The van der Waals surface area contributed by atoms with Crippen LogP contribution in [-0.4, -0.2) is 18.1 Å². The summed E-state index contributed by atoms with van der Waals surface area (Å²) >= 11 is 0. The third kappa shape index (κ3) is 1.68. The molecule has 1 aliphatic rings. The van der Waals surface area contributed by atoms with E-state index in [1.807, 2.05) is 12.3 Å². The number of rotatable bonds is 1. The molecular formula is C14H13NO2. The smallest absolute Gasteiger partial charge is 0.309 e. The molecule has 0 fully saturated rings. The molecule has 0 aliphatic heterocycles. The summed E-state index contributed by atoms with van der Waals surface area (Å²) in [4.78, 5) is 15.7. The molecule has 1 unspecified atom stereocenters. The lowest BCUT2D eigenvalue weighted by Crippen LogP contribution is -2.15. The molecule has 3 heteroatoms. The first-order valence-electron chi connectivity index (χ1n) is 5.71. The van der Waals surface area contributed by atoms with Crippen molar-refractivity contribution in [3.63, 3.8) is 0 Å². The molecule has 0 radical (unpaired) electrons. The number of methoxy groups -OCH3 is 1. The minimum atomic E-state index is -0.108. The summed E-state index contributed by atoms with van der Waals surface area (Å²) < 4.78 is 4.81. The standard InChI is InChI=1S/C14H13NO2/c1-17-14(16)12-5-10-4-9-2-3-15-8-13(9)7-11(10)6-12/h2-4,7-8,12H,5-6H2,1H3. The molecule has 0 amide bonds. The minimum Gasteiger partial charge on any atom is -0.469 e. The Bertz CT molecular complexity index is 547. The van der Waals surface area contributed by atoms with E-state index in [-0.39, 0.29) is 11.9 Å². The first-order chi connectivity index (χ1) is 8.28. The highest BCUT2D eigenvalue weighted by Crippen LogP contribution is 2.30. The first kappa shape index (κ1) is 10.3. The Morgan fingerprint density at radius 2 is 2.00 bits per heavy atom. The quantitative estimate of drug-likeness (QED) is 0.700. The second-order valence-electron chi connectivity index (χ2n) is 4.47. The maximum atomic E-state index is 11.5. The number of ether oxygens (including phenoxy) is 1. The number of pyridine rings is 1. The molecule has 0 bridgehead atoms. The van der Waals surface area contributed by atoms with Crippen molar-refractivity contribution in [2.75, 3.05) is 7.11 Å². The molecule has 86 valence electrons. The summed E-state index contributed by atoms with van der Waals surface area (Å²) in [6.07, 6.45) is 5.23. The summed E-state index contributed by atoms with van der Waals surface area (Å²) in [5.41, 5.74) is 2.51. The highest BCUT2D eigenvalue weighted by atomic mass is 16.5. The fraction of sp³-hybridized carbons (Fsp3) is 0.286. The monoisotopic (exact) mass is 227 g/mol. The summed E-state index contributed by atoms with van der Waals surface area (Å²) in [6.45, 7) is 0. The zero-order valence-corrected chi connectivity index (χ0v) is 9.64. The second-order valence-corrected chi connectivity index (χ2v) is 4.47. The number of nitrogens with zero attached hydrogens (tertiary/aromatic N) is 1. The first-order valence-corrected chi connectivity index (χ1v) is 5.71. The van der Waals surface area contributed by atoms with Crippen LogP contribution in [0.25, 0.3) is 10.8 Å². The molecule has 2 aromatic rings. The van der Waals surface area contributed by atoms with Crippen molar-refractivity contribution in [1.82, 2.24) is 4.98 Å². The van der Waals surface area contributed by atoms with E-state index in [4.69, 9.17) is 4.74 Å². The molecule has 17 heavy (non-hydrogen) atoms. The van der Waals surface area contributed by atoms with Gasteiger partial charge in [0.1, 0.15) is 0 Å². The molecule has 1 aromatic heterocycles. The molecule has 3 rings (SSSR count). The zero-order chi connectivity index (χ0) is 11.8. The van der Waals surface area contributed by atoms with Gasteiger partial charge < -0.3 is 4.74 Å². The molecule has 0 saturated heterocycles. The summed E-state index contributed by atoms with van der Waals surface area (Å²) in [6, 6.07) is 6.30. The van der Waals surface area contributed by atoms with Crippen LogP contribution in [0.15, 0.2) is 30.6 Å². The van der Waals surface area contributed by atoms with Crippen LogP contribution in [0.5, 0.6) is 0 Å². The molecule has 0 spiro atoms. The average Bonchev–Trinajstić information content (AvgIpc) is 2.77. The highest BCUT2D eigenvalue weighted by Gasteiger charge is 2.28. The van der Waals surface area contributed by atoms with Crippen LogP contribution in [0.2, 0.25) is 0 Å². The van der Waals surface area contributed by atoms with E-state index < -0.39 is 0 Å². The number of carbonyl (C=O) groups excluding carboxylic acids is 1. The van der Waals surface area contributed by atoms with Crippen molar-refractivity contribution < 1.29 is 9.53 Å². The van der Waals surface area contributed by atoms with E-state index in [1.165, 1.54) is 23.6 Å². The van der Waals surface area contributed by atoms with Gasteiger partial charge in [-0.05, 0) is 41.5 Å². The van der Waals surface area contributed by atoms with Crippen LogP contribution in [0, 0.1) is 5.92 Å². The molecule has 1 heterocycles. The van der Waals surface area contributed by atoms with E-state index in [9.17, 15) is 4.79 Å². The number of carbonyl (C=O) groups is 1. The van der Waals surface area contributed by atoms with Gasteiger partial charge in [-0.2, -0.15) is 0 Å². The van der Waals surface area contributed by atoms with Crippen LogP contribution in [0.1, 0.15) is 11.1 Å². The van der Waals surface area contributed by atoms with Crippen molar-refractivity contribution in [3.05, 3.63) is 41.7 Å². The number of aromatic nitrogens is 1. The van der Waals surface area contributed by atoms with Crippen LogP contribution in [0.4, 0.5) is 0 Å². The van der Waals surface area contributed by atoms with Crippen LogP contribution in [0.3, 0.4) is 0 Å². The van der Waals surface area contributed by atoms with Gasteiger partial charge in [0.25, 0.3) is 0 Å². The Kier molecular flexibility index (Phi) is 2.32. The maximum absolute atomic E-state index is 11.5. The van der Waals surface area contributed by atoms with E-state index in [1.54, 1.807) is 6.20 Å². The van der Waals surface area contributed by atoms with Gasteiger partial charge in [-0.1, -0.05) is 6.07 Å². The number of benzene rings is 1. The third-order valence-electron chi connectivity index (χ3n) is 3.43. The van der Waals surface area contributed by atoms with E-state index in [0.29, 0.717) is 0 Å². The van der Waals surface area contributed by atoms with Gasteiger partial charge in [-0.15, -0.1) is 0 Å². The predicted octanol–water partition coefficient (Wildman–Crippen LogP) is 2.12. The number of esters is 1. The zero-order valence-electron chi connectivity index (χ0n) is 9.64. The largest absolute Gasteiger partial charge is 0.469 e. The van der Waals surface area contributed by atoms with Gasteiger partial charge in [0.05, 0.1) is 13.0 Å². The summed E-state index contributed by atoms with van der Waals surface area (Å²) in [5, 5.41) is 2.32. The highest BCUT2D eigenvalue weighted by molar-refractivity contribution is 5.84. The number of hydrogen-bond acceptors (Lipinski definition) is 3. The summed E-state index contributed by atoms with van der Waals surface area (Å²) in [5.74, 6) is -0.122. The Morgan fingerprint density at radius 1 is 1.29 bits per heavy atom. The van der Waals surface area contributed by atoms with Gasteiger partial charge in [0.2, 0.25) is 0 Å². The predicted molar refractivity (Wildman–Crippen MR) is 64.7 cm³/mol. The van der Waals surface area contributed by atoms with Crippen molar-refractivity contribution in [3.8, 4) is 0 Å². The SMILES string of the molecule is COC(=O)C1Cc2cc3ccncc3cc2C1. The molecule has 3 nitrogen and oxygen atoms in total. The van der Waals surface area contributed by atoms with Crippen LogP contribution in [-0.2, 0) is 22.4 Å². The lowest BCUT2D eigenvalue weighted by molar-refractivity contribution is -0.145. The Labute approximate surface area is 99.4 Å². The molecule has 1 aliphatic carbocycles. The van der Waals surface area contributed by atoms with Crippen molar-refractivity contribution >= 4 is 16.7 Å². The van der Waals surface area contributed by atoms with E-state index in [2.05, 4.69) is 17.1 Å². The lowest BCUT2D eigenvalue weighted by atomic mass is 10.1. The maximum Gasteiger partial charge on any atom is 0.309 e. The fourth-order valence-electron chi connectivity index (χ4n) is 2.55. The Morgan fingerprint density at radius 3 is 2.71 bits per heavy atom. The molecule has 0 saturated carbocycles. The van der Waals surface area contributed by atoms with Crippen molar-refractivity contribution in [1.29, 1.82) is 0 Å². The number of hydrogen-bond donors (Lipinski definition) is 0. The Hall–Kier alpha value is -1.90. The van der Waals surface area contributed by atoms with Crippen LogP contribution < -0.4 is 0 Å². The molecule has 0 N–H and O–H groups in total. The van der Waals surface area contributed by atoms with E-state index in [0.717, 1.165) is 18.2 Å². The molecule has 1 atom stereocenters. The topological polar surface area (TPSA) is 39.2 Å². The Balaban J connectivity index is 2.02. The average molecular weight is 227 g/mol. The lowest BCUT2D eigenvalue weighted by Gasteiger charge is -2.04. The van der Waals surface area contributed by atoms with Crippen LogP contribution >= 0.6 is 0 Å². The summed E-state index contributed by atoms with van der Waals surface area (Å²) in [7, 11) is 1.45. The van der Waals surface area contributed by atoms with Gasteiger partial charge in [0.15, 0.2) is 0 Å². The van der Waals surface area contributed by atoms with Gasteiger partial charge >= 0.3 is 5.97 Å². The normalized spacial score (nSPS) is 18.1. The fourth-order valence-corrected chi connectivity index (χ4v) is 2.55. The van der Waals surface area contributed by atoms with Crippen molar-refractivity contribution in [2.24, 2.45) is 5.92 Å². The molecule has 1 aromatic carbocycles. The van der Waals surface area contributed by atoms with Crippen molar-refractivity contribution in [2.45, 2.75) is 12.8 Å². The molecular weight excluding hydrogens is 214 g/mol.